The topological polar surface area (TPSA) is 69.3 Å². The summed E-state index contributed by atoms with van der Waals surface area (Å²) in [7, 11) is 0. The lowest BCUT2D eigenvalue weighted by atomic mass is 10.1. The van der Waals surface area contributed by atoms with Crippen LogP contribution in [0.4, 0.5) is 23.7 Å². The molecule has 1 unspecified atom stereocenters. The van der Waals surface area contributed by atoms with Crippen LogP contribution >= 0.6 is 0 Å². The highest BCUT2D eigenvalue weighted by molar-refractivity contribution is 5.89. The van der Waals surface area contributed by atoms with Crippen molar-refractivity contribution in [3.63, 3.8) is 0 Å². The van der Waals surface area contributed by atoms with E-state index in [1.165, 1.54) is 19.0 Å². The van der Waals surface area contributed by atoms with Crippen LogP contribution in [0, 0.1) is 17.8 Å². The number of amides is 2. The fourth-order valence-electron chi connectivity index (χ4n) is 2.89. The first-order chi connectivity index (χ1) is 13.9. The second kappa shape index (κ2) is 7.54. The van der Waals surface area contributed by atoms with Crippen LogP contribution in [0.2, 0.25) is 0 Å². The number of alkyl halides is 3. The number of urea groups is 1. The fraction of sp³-hybridized carbons (Fsp3) is 0.300. The molecular weight excluding hydrogens is 383 g/mol. The van der Waals surface area contributed by atoms with Crippen molar-refractivity contribution in [3.05, 3.63) is 54.1 Å². The Bertz CT molecular complexity index is 966. The smallest absolute Gasteiger partial charge is 0.366 e. The van der Waals surface area contributed by atoms with E-state index in [0.29, 0.717) is 17.2 Å². The van der Waals surface area contributed by atoms with Crippen molar-refractivity contribution in [2.24, 2.45) is 5.92 Å². The van der Waals surface area contributed by atoms with E-state index in [2.05, 4.69) is 27.5 Å². The average molecular weight is 401 g/mol. The van der Waals surface area contributed by atoms with Crippen LogP contribution in [0.25, 0.3) is 5.70 Å². The Morgan fingerprint density at radius 1 is 1.34 bits per heavy atom. The largest absolute Gasteiger partial charge is 0.405 e. The number of fused-ring (bicyclic) bond motifs is 1. The molecule has 1 fully saturated rings. The number of rotatable bonds is 3. The Balaban J connectivity index is 1.41. The number of nitrogens with zero attached hydrogens (tertiary/aromatic N) is 2. The Hall–Kier alpha value is -3.41. The van der Waals surface area contributed by atoms with Crippen LogP contribution in [-0.2, 0) is 0 Å². The van der Waals surface area contributed by atoms with E-state index in [1.54, 1.807) is 17.6 Å². The molecule has 2 amide bonds. The van der Waals surface area contributed by atoms with Gasteiger partial charge in [0.2, 0.25) is 0 Å². The third kappa shape index (κ3) is 4.90. The first-order valence-electron chi connectivity index (χ1n) is 9.10. The van der Waals surface area contributed by atoms with Gasteiger partial charge in [0.25, 0.3) is 0 Å². The van der Waals surface area contributed by atoms with Gasteiger partial charge in [-0.05, 0) is 31.1 Å². The summed E-state index contributed by atoms with van der Waals surface area (Å²) in [5.74, 6) is 6.96. The zero-order valence-electron chi connectivity index (χ0n) is 15.3. The predicted molar refractivity (Wildman–Crippen MR) is 102 cm³/mol. The van der Waals surface area contributed by atoms with Crippen LogP contribution in [0.3, 0.4) is 0 Å². The molecule has 0 aromatic carbocycles. The van der Waals surface area contributed by atoms with E-state index in [-0.39, 0.29) is 6.17 Å². The van der Waals surface area contributed by atoms with Crippen LogP contribution < -0.4 is 16.0 Å². The van der Waals surface area contributed by atoms with E-state index in [9.17, 15) is 18.0 Å². The summed E-state index contributed by atoms with van der Waals surface area (Å²) in [6, 6.07) is 0.702. The SMILES string of the molecule is O=C(NCC(F)(F)F)Nc1cncc(C2=CNC3C=C(C#CC4CC4)C=CN23)c1. The van der Waals surface area contributed by atoms with Gasteiger partial charge in [0.1, 0.15) is 12.7 Å². The molecule has 1 saturated carbocycles. The minimum atomic E-state index is -4.47. The number of anilines is 1. The van der Waals surface area contributed by atoms with Crippen molar-refractivity contribution in [1.82, 2.24) is 20.5 Å². The van der Waals surface area contributed by atoms with Crippen molar-refractivity contribution >= 4 is 17.4 Å². The monoisotopic (exact) mass is 401 g/mol. The number of nitrogens with one attached hydrogen (secondary N) is 3. The normalized spacial score (nSPS) is 20.0. The van der Waals surface area contributed by atoms with E-state index < -0.39 is 18.8 Å². The van der Waals surface area contributed by atoms with Gasteiger partial charge in [0.05, 0.1) is 17.6 Å². The fourth-order valence-corrected chi connectivity index (χ4v) is 2.89. The third-order valence-corrected chi connectivity index (χ3v) is 4.46. The molecule has 0 radical (unpaired) electrons. The summed E-state index contributed by atoms with van der Waals surface area (Å²) < 4.78 is 36.6. The van der Waals surface area contributed by atoms with Crippen LogP contribution in [0.1, 0.15) is 18.4 Å². The van der Waals surface area contributed by atoms with Crippen molar-refractivity contribution in [1.29, 1.82) is 0 Å². The average Bonchev–Trinajstić information content (AvgIpc) is 3.42. The summed E-state index contributed by atoms with van der Waals surface area (Å²) >= 11 is 0. The van der Waals surface area contributed by atoms with Gasteiger partial charge in [-0.1, -0.05) is 11.8 Å². The quantitative estimate of drug-likeness (QED) is 0.681. The van der Waals surface area contributed by atoms with Gasteiger partial charge >= 0.3 is 12.2 Å². The van der Waals surface area contributed by atoms with E-state index >= 15 is 0 Å². The molecule has 0 saturated heterocycles. The summed E-state index contributed by atoms with van der Waals surface area (Å²) in [4.78, 5) is 17.7. The van der Waals surface area contributed by atoms with Gasteiger partial charge in [0.15, 0.2) is 0 Å². The first kappa shape index (κ1) is 18.9. The Labute approximate surface area is 165 Å². The molecule has 6 nitrogen and oxygen atoms in total. The lowest BCUT2D eigenvalue weighted by molar-refractivity contribution is -0.122. The van der Waals surface area contributed by atoms with E-state index in [0.717, 1.165) is 11.3 Å². The molecule has 1 aliphatic carbocycles. The van der Waals surface area contributed by atoms with Crippen molar-refractivity contribution in [2.45, 2.75) is 25.2 Å². The molecule has 3 aliphatic rings. The van der Waals surface area contributed by atoms with Crippen LogP contribution in [0.15, 0.2) is 48.6 Å². The van der Waals surface area contributed by atoms with Gasteiger partial charge < -0.3 is 20.9 Å². The number of aromatic nitrogens is 1. The van der Waals surface area contributed by atoms with Crippen LogP contribution in [0.5, 0.6) is 0 Å². The number of hydrogen-bond donors (Lipinski definition) is 3. The molecule has 150 valence electrons. The molecule has 3 N–H and O–H groups in total. The standard InChI is InChI=1S/C20H18F3N5O/c21-20(22,23)12-26-19(29)27-16-8-15(9-24-10-16)17-11-25-18-7-14(5-6-28(17)18)4-3-13-1-2-13/h5-11,13,18,25H,1-2,12H2,(H2,26,27,29). The number of allylic oxidation sites excluding steroid dienone is 2. The Morgan fingerprint density at radius 3 is 2.93 bits per heavy atom. The molecule has 9 heteroatoms. The highest BCUT2D eigenvalue weighted by Gasteiger charge is 2.28. The number of pyridine rings is 1. The lowest BCUT2D eigenvalue weighted by Gasteiger charge is -2.26. The molecule has 1 aromatic rings. The molecule has 2 aliphatic heterocycles. The maximum atomic E-state index is 12.2. The minimum Gasteiger partial charge on any atom is -0.366 e. The number of hydrogen-bond acceptors (Lipinski definition) is 4. The van der Waals surface area contributed by atoms with Crippen molar-refractivity contribution in [3.8, 4) is 11.8 Å². The van der Waals surface area contributed by atoms with Crippen molar-refractivity contribution < 1.29 is 18.0 Å². The van der Waals surface area contributed by atoms with E-state index in [4.69, 9.17) is 0 Å². The third-order valence-electron chi connectivity index (χ3n) is 4.46. The molecule has 0 bridgehead atoms. The van der Waals surface area contributed by atoms with Gasteiger partial charge in [-0.15, -0.1) is 0 Å². The molecule has 1 atom stereocenters. The maximum absolute atomic E-state index is 12.2. The highest BCUT2D eigenvalue weighted by atomic mass is 19.4. The summed E-state index contributed by atoms with van der Waals surface area (Å²) in [5.41, 5.74) is 2.77. The van der Waals surface area contributed by atoms with E-state index in [1.807, 2.05) is 29.5 Å². The molecule has 29 heavy (non-hydrogen) atoms. The zero-order chi connectivity index (χ0) is 20.4. The molecule has 4 rings (SSSR count). The second-order valence-electron chi connectivity index (χ2n) is 6.91. The number of halogens is 3. The maximum Gasteiger partial charge on any atom is 0.405 e. The minimum absolute atomic E-state index is 0.0785. The van der Waals surface area contributed by atoms with Gasteiger partial charge in [-0.3, -0.25) is 4.98 Å². The van der Waals surface area contributed by atoms with Crippen molar-refractivity contribution in [2.75, 3.05) is 11.9 Å². The molecule has 0 spiro atoms. The Morgan fingerprint density at radius 2 is 2.17 bits per heavy atom. The molecular formula is C20H18F3N5O. The highest BCUT2D eigenvalue weighted by Crippen LogP contribution is 2.30. The predicted octanol–water partition coefficient (Wildman–Crippen LogP) is 3.16. The summed E-state index contributed by atoms with van der Waals surface area (Å²) in [5, 5.41) is 7.38. The van der Waals surface area contributed by atoms with Gasteiger partial charge in [0, 0.05) is 35.7 Å². The summed E-state index contributed by atoms with van der Waals surface area (Å²) in [6.07, 6.45) is 8.50. The zero-order valence-corrected chi connectivity index (χ0v) is 15.3. The first-order valence-corrected chi connectivity index (χ1v) is 9.10. The van der Waals surface area contributed by atoms with Gasteiger partial charge in [-0.25, -0.2) is 4.79 Å². The lowest BCUT2D eigenvalue weighted by Crippen LogP contribution is -2.36. The summed E-state index contributed by atoms with van der Waals surface area (Å²) in [6.45, 7) is -1.40. The number of carbonyl (C=O) groups is 1. The van der Waals surface area contributed by atoms with Crippen LogP contribution in [-0.4, -0.2) is 34.8 Å². The second-order valence-corrected chi connectivity index (χ2v) is 6.91. The molecule has 1 aromatic heterocycles. The number of carbonyl (C=O) groups excluding carboxylic acids is 1. The Kier molecular flexibility index (Phi) is 4.92. The van der Waals surface area contributed by atoms with Gasteiger partial charge in [-0.2, -0.15) is 13.2 Å². The molecule has 3 heterocycles.